The molecule has 0 aliphatic carbocycles. The zero-order valence-electron chi connectivity index (χ0n) is 7.81. The van der Waals surface area contributed by atoms with E-state index >= 15 is 0 Å². The van der Waals surface area contributed by atoms with Gasteiger partial charge in [-0.15, -0.1) is 0 Å². The molecule has 8 nitrogen and oxygen atoms in total. The van der Waals surface area contributed by atoms with Crippen LogP contribution in [0.1, 0.15) is 5.76 Å². The smallest absolute Gasteiger partial charge is 0.436 e. The number of phosphoric ester groups is 1. The highest BCUT2D eigenvalue weighted by molar-refractivity contribution is 7.46. The van der Waals surface area contributed by atoms with Gasteiger partial charge in [-0.2, -0.15) is 0 Å². The van der Waals surface area contributed by atoms with Gasteiger partial charge in [0.1, 0.15) is 6.61 Å². The van der Waals surface area contributed by atoms with E-state index in [9.17, 15) is 4.57 Å². The monoisotopic (exact) mass is 246 g/mol. The van der Waals surface area contributed by atoms with Crippen LogP contribution in [0.3, 0.4) is 0 Å². The third kappa shape index (κ3) is 2.77. The first kappa shape index (κ1) is 11.0. The highest BCUT2D eigenvalue weighted by Crippen LogP contribution is 2.37. The van der Waals surface area contributed by atoms with Crippen LogP contribution in [0, 0.1) is 0 Å². The van der Waals surface area contributed by atoms with E-state index in [0.29, 0.717) is 5.76 Å². The largest absolute Gasteiger partial charge is 0.470 e. The number of rotatable bonds is 4. The van der Waals surface area contributed by atoms with Crippen molar-refractivity contribution in [1.29, 1.82) is 0 Å². The number of nitrogens with zero attached hydrogens (tertiary/aromatic N) is 2. The number of oxazole rings is 1. The van der Waals surface area contributed by atoms with Crippen LogP contribution in [-0.2, 0) is 15.7 Å². The number of hydrogen-bond acceptors (Lipinski definition) is 6. The lowest BCUT2D eigenvalue weighted by Gasteiger charge is -2.01. The molecule has 0 saturated carbocycles. The van der Waals surface area contributed by atoms with Gasteiger partial charge >= 0.3 is 7.82 Å². The minimum Gasteiger partial charge on any atom is -0.436 e. The van der Waals surface area contributed by atoms with Gasteiger partial charge in [-0.05, 0) is 0 Å². The van der Waals surface area contributed by atoms with Crippen molar-refractivity contribution < 1.29 is 27.8 Å². The molecular weight excluding hydrogens is 239 g/mol. The fourth-order valence-corrected chi connectivity index (χ4v) is 1.26. The van der Waals surface area contributed by atoms with Crippen LogP contribution in [0.4, 0.5) is 0 Å². The number of aromatic nitrogens is 2. The van der Waals surface area contributed by atoms with Crippen molar-refractivity contribution in [2.24, 2.45) is 0 Å². The Balaban J connectivity index is 2.06. The quantitative estimate of drug-likeness (QED) is 0.765. The molecule has 2 N–H and O–H groups in total. The Labute approximate surface area is 89.1 Å². The average molecular weight is 246 g/mol. The SMILES string of the molecule is O=P(O)(O)OCc1cnc(-c2ccno2)o1. The van der Waals surface area contributed by atoms with Crippen molar-refractivity contribution in [2.45, 2.75) is 6.61 Å². The third-order valence-corrected chi connectivity index (χ3v) is 2.04. The van der Waals surface area contributed by atoms with E-state index < -0.39 is 7.82 Å². The van der Waals surface area contributed by atoms with Gasteiger partial charge in [0, 0.05) is 6.07 Å². The van der Waals surface area contributed by atoms with Crippen LogP contribution in [0.2, 0.25) is 0 Å². The molecule has 0 spiro atoms. The Morgan fingerprint density at radius 3 is 2.94 bits per heavy atom. The van der Waals surface area contributed by atoms with Gasteiger partial charge in [0.05, 0.1) is 12.4 Å². The Hall–Kier alpha value is -1.47. The van der Waals surface area contributed by atoms with Crippen molar-refractivity contribution in [3.63, 3.8) is 0 Å². The molecule has 0 aromatic carbocycles. The molecule has 0 aliphatic heterocycles. The van der Waals surface area contributed by atoms with Gasteiger partial charge in [0.15, 0.2) is 5.76 Å². The number of hydrogen-bond donors (Lipinski definition) is 2. The lowest BCUT2D eigenvalue weighted by molar-refractivity contribution is 0.176. The van der Waals surface area contributed by atoms with E-state index in [4.69, 9.17) is 18.7 Å². The molecule has 2 aromatic heterocycles. The summed E-state index contributed by atoms with van der Waals surface area (Å²) in [7, 11) is -4.51. The Morgan fingerprint density at radius 2 is 2.31 bits per heavy atom. The molecule has 0 amide bonds. The molecule has 0 saturated heterocycles. The average Bonchev–Trinajstić information content (AvgIpc) is 2.84. The van der Waals surface area contributed by atoms with Crippen molar-refractivity contribution in [2.75, 3.05) is 0 Å². The fourth-order valence-electron chi connectivity index (χ4n) is 0.962. The predicted octanol–water partition coefficient (Wildman–Crippen LogP) is 0.939. The number of phosphoric acid groups is 1. The van der Waals surface area contributed by atoms with Crippen molar-refractivity contribution >= 4 is 7.82 Å². The van der Waals surface area contributed by atoms with Crippen LogP contribution >= 0.6 is 7.82 Å². The van der Waals surface area contributed by atoms with Gasteiger partial charge in [-0.25, -0.2) is 9.55 Å². The van der Waals surface area contributed by atoms with Gasteiger partial charge in [-0.1, -0.05) is 5.16 Å². The van der Waals surface area contributed by atoms with Crippen LogP contribution in [0.15, 0.2) is 27.4 Å². The molecule has 0 aliphatic rings. The van der Waals surface area contributed by atoms with Crippen LogP contribution in [-0.4, -0.2) is 19.9 Å². The summed E-state index contributed by atoms with van der Waals surface area (Å²) in [6.45, 7) is -0.370. The highest BCUT2D eigenvalue weighted by Gasteiger charge is 2.16. The summed E-state index contributed by atoms with van der Waals surface area (Å²) in [5.41, 5.74) is 0. The molecule has 2 aromatic rings. The second-order valence-electron chi connectivity index (χ2n) is 2.77. The molecule has 0 unspecified atom stereocenters. The van der Waals surface area contributed by atoms with Crippen LogP contribution < -0.4 is 0 Å². The topological polar surface area (TPSA) is 119 Å². The molecular formula is C7H7N2O6P. The minimum absolute atomic E-state index is 0.168. The standard InChI is InChI=1S/C7H7N2O6P/c10-16(11,12)13-4-5-3-8-7(14-5)6-1-2-9-15-6/h1-3H,4H2,(H2,10,11,12). The summed E-state index contributed by atoms with van der Waals surface area (Å²) in [5, 5.41) is 3.46. The lowest BCUT2D eigenvalue weighted by Crippen LogP contribution is -1.88. The summed E-state index contributed by atoms with van der Waals surface area (Å²) in [6, 6.07) is 1.54. The molecule has 0 fully saturated rings. The van der Waals surface area contributed by atoms with Gasteiger partial charge < -0.3 is 18.7 Å². The van der Waals surface area contributed by atoms with E-state index in [1.54, 1.807) is 6.07 Å². The summed E-state index contributed by atoms with van der Waals surface area (Å²) < 4.78 is 24.5. The van der Waals surface area contributed by atoms with E-state index in [2.05, 4.69) is 14.7 Å². The van der Waals surface area contributed by atoms with Gasteiger partial charge in [0.25, 0.3) is 5.89 Å². The maximum absolute atomic E-state index is 10.4. The third-order valence-electron chi connectivity index (χ3n) is 1.58. The molecule has 16 heavy (non-hydrogen) atoms. The van der Waals surface area contributed by atoms with Crippen LogP contribution in [0.25, 0.3) is 11.7 Å². The van der Waals surface area contributed by atoms with E-state index in [1.165, 1.54) is 12.4 Å². The molecule has 9 heteroatoms. The minimum atomic E-state index is -4.51. The van der Waals surface area contributed by atoms with Crippen molar-refractivity contribution in [3.05, 3.63) is 24.2 Å². The molecule has 0 atom stereocenters. The summed E-state index contributed by atoms with van der Waals surface area (Å²) >= 11 is 0. The van der Waals surface area contributed by atoms with E-state index in [1.807, 2.05) is 0 Å². The Morgan fingerprint density at radius 1 is 1.50 bits per heavy atom. The van der Waals surface area contributed by atoms with E-state index in [-0.39, 0.29) is 18.3 Å². The predicted molar refractivity (Wildman–Crippen MR) is 48.8 cm³/mol. The maximum atomic E-state index is 10.4. The second kappa shape index (κ2) is 4.18. The fraction of sp³-hybridized carbons (Fsp3) is 0.143. The Bertz CT molecular complexity index is 501. The van der Waals surface area contributed by atoms with Crippen LogP contribution in [0.5, 0.6) is 0 Å². The maximum Gasteiger partial charge on any atom is 0.470 e. The van der Waals surface area contributed by atoms with Gasteiger partial charge in [-0.3, -0.25) is 4.52 Å². The molecule has 0 bridgehead atoms. The highest BCUT2D eigenvalue weighted by atomic mass is 31.2. The molecule has 2 rings (SSSR count). The normalized spacial score (nSPS) is 11.9. The molecule has 86 valence electrons. The zero-order chi connectivity index (χ0) is 11.6. The van der Waals surface area contributed by atoms with E-state index in [0.717, 1.165) is 0 Å². The van der Waals surface area contributed by atoms with Crippen molar-refractivity contribution in [1.82, 2.24) is 10.1 Å². The summed E-state index contributed by atoms with van der Waals surface area (Å²) in [5.74, 6) is 0.666. The van der Waals surface area contributed by atoms with Crippen molar-refractivity contribution in [3.8, 4) is 11.7 Å². The zero-order valence-corrected chi connectivity index (χ0v) is 8.70. The molecule has 0 radical (unpaired) electrons. The molecule has 2 heterocycles. The summed E-state index contributed by atoms with van der Waals surface area (Å²) in [6.07, 6.45) is 2.71. The lowest BCUT2D eigenvalue weighted by atomic mass is 10.5. The first-order chi connectivity index (χ1) is 7.54. The summed E-state index contributed by atoms with van der Waals surface area (Å²) in [4.78, 5) is 20.8. The first-order valence-electron chi connectivity index (χ1n) is 4.10. The first-order valence-corrected chi connectivity index (χ1v) is 5.63. The van der Waals surface area contributed by atoms with Gasteiger partial charge in [0.2, 0.25) is 5.76 Å². The Kier molecular flexibility index (Phi) is 2.88. The second-order valence-corrected chi connectivity index (χ2v) is 4.01.